The fourth-order valence-corrected chi connectivity index (χ4v) is 3.59. The van der Waals surface area contributed by atoms with Gasteiger partial charge >= 0.3 is 0 Å². The zero-order valence-electron chi connectivity index (χ0n) is 14.3. The van der Waals surface area contributed by atoms with Crippen LogP contribution >= 0.6 is 11.6 Å². The van der Waals surface area contributed by atoms with Gasteiger partial charge in [0, 0.05) is 24.7 Å². The molecule has 0 atom stereocenters. The highest BCUT2D eigenvalue weighted by Gasteiger charge is 2.22. The van der Waals surface area contributed by atoms with Crippen LogP contribution in [0.15, 0.2) is 24.3 Å². The predicted octanol–water partition coefficient (Wildman–Crippen LogP) is 0.802. The summed E-state index contributed by atoms with van der Waals surface area (Å²) in [5, 5.41) is 3.46. The molecule has 1 heterocycles. The van der Waals surface area contributed by atoms with Crippen molar-refractivity contribution in [1.82, 2.24) is 14.5 Å². The lowest BCUT2D eigenvalue weighted by molar-refractivity contribution is -0.122. The number of rotatable bonds is 7. The molecular weight excluding hydrogens is 366 g/mol. The van der Waals surface area contributed by atoms with E-state index in [4.69, 9.17) is 16.3 Å². The average molecular weight is 390 g/mol. The van der Waals surface area contributed by atoms with Gasteiger partial charge in [-0.1, -0.05) is 11.6 Å². The largest absolute Gasteiger partial charge is 0.492 e. The summed E-state index contributed by atoms with van der Waals surface area (Å²) in [6.07, 6.45) is 1.94. The van der Waals surface area contributed by atoms with Gasteiger partial charge in [0.1, 0.15) is 12.4 Å². The number of sulfonamides is 1. The zero-order valence-corrected chi connectivity index (χ0v) is 15.9. The summed E-state index contributed by atoms with van der Waals surface area (Å²) in [7, 11) is -3.17. The monoisotopic (exact) mass is 389 g/mol. The molecule has 1 fully saturated rings. The maximum Gasteiger partial charge on any atom is 0.234 e. The van der Waals surface area contributed by atoms with Crippen LogP contribution in [0.5, 0.6) is 5.75 Å². The highest BCUT2D eigenvalue weighted by atomic mass is 35.5. The Morgan fingerprint density at radius 3 is 2.60 bits per heavy atom. The van der Waals surface area contributed by atoms with Crippen LogP contribution in [0.25, 0.3) is 0 Å². The van der Waals surface area contributed by atoms with Gasteiger partial charge in [-0.2, -0.15) is 0 Å². The Kier molecular flexibility index (Phi) is 7.49. The van der Waals surface area contributed by atoms with Crippen LogP contribution in [-0.2, 0) is 14.8 Å². The number of hydrogen-bond donors (Lipinski definition) is 1. The Bertz CT molecular complexity index is 666. The van der Waals surface area contributed by atoms with Crippen molar-refractivity contribution in [2.24, 2.45) is 0 Å². The number of carbonyl (C=O) groups excluding carboxylic acids is 1. The number of hydrogen-bond acceptors (Lipinski definition) is 5. The fourth-order valence-electron chi connectivity index (χ4n) is 2.59. The SMILES string of the molecule is CS(=O)(=O)N1CCCN(CC(=O)NCCOc2ccc(Cl)cc2)CC1. The van der Waals surface area contributed by atoms with E-state index in [1.54, 1.807) is 24.3 Å². The summed E-state index contributed by atoms with van der Waals surface area (Å²) in [5.74, 6) is 0.611. The molecule has 0 aliphatic carbocycles. The van der Waals surface area contributed by atoms with Crippen LogP contribution in [0.1, 0.15) is 6.42 Å². The van der Waals surface area contributed by atoms with Gasteiger partial charge in [-0.05, 0) is 37.2 Å². The van der Waals surface area contributed by atoms with E-state index >= 15 is 0 Å². The van der Waals surface area contributed by atoms with Gasteiger partial charge in [0.15, 0.2) is 0 Å². The van der Waals surface area contributed by atoms with Gasteiger partial charge in [0.2, 0.25) is 15.9 Å². The fraction of sp³-hybridized carbons (Fsp3) is 0.562. The summed E-state index contributed by atoms with van der Waals surface area (Å²) in [6.45, 7) is 3.23. The van der Waals surface area contributed by atoms with Gasteiger partial charge in [0.05, 0.1) is 19.3 Å². The van der Waals surface area contributed by atoms with Crippen LogP contribution < -0.4 is 10.1 Å². The normalized spacial score (nSPS) is 17.0. The topological polar surface area (TPSA) is 79.0 Å². The van der Waals surface area contributed by atoms with Crippen molar-refractivity contribution in [3.8, 4) is 5.75 Å². The summed E-state index contributed by atoms with van der Waals surface area (Å²) in [4.78, 5) is 14.0. The number of benzene rings is 1. The second-order valence-electron chi connectivity index (χ2n) is 5.94. The summed E-state index contributed by atoms with van der Waals surface area (Å²) >= 11 is 5.80. The lowest BCUT2D eigenvalue weighted by Crippen LogP contribution is -2.40. The standard InChI is InChI=1S/C16H24ClN3O4S/c1-25(22,23)20-9-2-8-19(10-11-20)13-16(21)18-7-12-24-15-5-3-14(17)4-6-15/h3-6H,2,7-13H2,1H3,(H,18,21). The van der Waals surface area contributed by atoms with Crippen molar-refractivity contribution >= 4 is 27.5 Å². The van der Waals surface area contributed by atoms with Crippen molar-refractivity contribution < 1.29 is 17.9 Å². The third-order valence-corrected chi connectivity index (χ3v) is 5.45. The third kappa shape index (κ3) is 7.19. The molecule has 1 amide bonds. The van der Waals surface area contributed by atoms with Gasteiger partial charge in [0.25, 0.3) is 0 Å². The van der Waals surface area contributed by atoms with Gasteiger partial charge in [-0.25, -0.2) is 12.7 Å². The second kappa shape index (κ2) is 9.38. The highest BCUT2D eigenvalue weighted by molar-refractivity contribution is 7.88. The first-order chi connectivity index (χ1) is 11.8. The van der Waals surface area contributed by atoms with E-state index in [0.29, 0.717) is 50.1 Å². The molecule has 2 rings (SSSR count). The number of nitrogens with zero attached hydrogens (tertiary/aromatic N) is 2. The summed E-state index contributed by atoms with van der Waals surface area (Å²) < 4.78 is 30.1. The molecule has 1 aliphatic heterocycles. The first kappa shape index (κ1) is 20.0. The highest BCUT2D eigenvalue weighted by Crippen LogP contribution is 2.15. The minimum atomic E-state index is -3.17. The van der Waals surface area contributed by atoms with Crippen molar-refractivity contribution in [2.75, 3.05) is 52.1 Å². The molecule has 1 aromatic rings. The van der Waals surface area contributed by atoms with E-state index in [1.807, 2.05) is 4.90 Å². The molecule has 1 N–H and O–H groups in total. The zero-order chi connectivity index (χ0) is 18.3. The Balaban J connectivity index is 1.65. The quantitative estimate of drug-likeness (QED) is 0.698. The van der Waals surface area contributed by atoms with Crippen molar-refractivity contribution in [3.05, 3.63) is 29.3 Å². The lowest BCUT2D eigenvalue weighted by Gasteiger charge is -2.20. The Labute approximate surface area is 153 Å². The van der Waals surface area contributed by atoms with E-state index in [9.17, 15) is 13.2 Å². The smallest absolute Gasteiger partial charge is 0.234 e. The van der Waals surface area contributed by atoms with E-state index in [-0.39, 0.29) is 12.5 Å². The first-order valence-corrected chi connectivity index (χ1v) is 10.4. The average Bonchev–Trinajstić information content (AvgIpc) is 2.79. The number of nitrogens with one attached hydrogen (secondary N) is 1. The molecule has 1 saturated heterocycles. The molecule has 0 radical (unpaired) electrons. The number of ether oxygens (including phenoxy) is 1. The molecule has 0 aromatic heterocycles. The molecular formula is C16H24ClN3O4S. The van der Waals surface area contributed by atoms with E-state index in [1.165, 1.54) is 10.6 Å². The minimum Gasteiger partial charge on any atom is -0.492 e. The maximum absolute atomic E-state index is 12.0. The Hall–Kier alpha value is -1.35. The van der Waals surface area contributed by atoms with Crippen LogP contribution in [-0.4, -0.2) is 75.7 Å². The molecule has 0 unspecified atom stereocenters. The van der Waals surface area contributed by atoms with Gasteiger partial charge in [-0.3, -0.25) is 9.69 Å². The maximum atomic E-state index is 12.0. The second-order valence-corrected chi connectivity index (χ2v) is 8.36. The van der Waals surface area contributed by atoms with E-state index in [2.05, 4.69) is 5.32 Å². The molecule has 0 saturated carbocycles. The van der Waals surface area contributed by atoms with Crippen LogP contribution in [0.2, 0.25) is 5.02 Å². The molecule has 0 spiro atoms. The minimum absolute atomic E-state index is 0.0903. The molecule has 140 valence electrons. The Morgan fingerprint density at radius 2 is 1.92 bits per heavy atom. The third-order valence-electron chi connectivity index (χ3n) is 3.89. The van der Waals surface area contributed by atoms with E-state index < -0.39 is 10.0 Å². The van der Waals surface area contributed by atoms with Gasteiger partial charge in [-0.15, -0.1) is 0 Å². The molecule has 25 heavy (non-hydrogen) atoms. The number of halogens is 1. The molecule has 1 aromatic carbocycles. The number of carbonyl (C=O) groups is 1. The van der Waals surface area contributed by atoms with Crippen LogP contribution in [0.4, 0.5) is 0 Å². The van der Waals surface area contributed by atoms with Crippen molar-refractivity contribution in [2.45, 2.75) is 6.42 Å². The first-order valence-electron chi connectivity index (χ1n) is 8.17. The van der Waals surface area contributed by atoms with Crippen molar-refractivity contribution in [3.63, 3.8) is 0 Å². The summed E-state index contributed by atoms with van der Waals surface area (Å²) in [6, 6.07) is 7.03. The lowest BCUT2D eigenvalue weighted by atomic mass is 10.3. The number of amides is 1. The molecule has 1 aliphatic rings. The van der Waals surface area contributed by atoms with Crippen LogP contribution in [0, 0.1) is 0 Å². The molecule has 7 nitrogen and oxygen atoms in total. The van der Waals surface area contributed by atoms with Crippen LogP contribution in [0.3, 0.4) is 0 Å². The van der Waals surface area contributed by atoms with Crippen molar-refractivity contribution in [1.29, 1.82) is 0 Å². The summed E-state index contributed by atoms with van der Waals surface area (Å²) in [5.41, 5.74) is 0. The Morgan fingerprint density at radius 1 is 1.20 bits per heavy atom. The molecule has 9 heteroatoms. The van der Waals surface area contributed by atoms with Gasteiger partial charge < -0.3 is 10.1 Å². The molecule has 0 bridgehead atoms. The predicted molar refractivity (Wildman–Crippen MR) is 97.4 cm³/mol. The van der Waals surface area contributed by atoms with E-state index in [0.717, 1.165) is 6.42 Å².